The summed E-state index contributed by atoms with van der Waals surface area (Å²) in [5.41, 5.74) is 0. The molecule has 4 heteroatoms. The standard InChI is InChI=1S/C8H12O4/c1-5(11-6(2)9)7-3-4-8(10)12-7/h5,7H,3-4H2,1-2H3. The summed E-state index contributed by atoms with van der Waals surface area (Å²) in [6, 6.07) is 0. The van der Waals surface area contributed by atoms with Crippen LogP contribution in [0.1, 0.15) is 26.7 Å². The minimum atomic E-state index is -0.342. The maximum Gasteiger partial charge on any atom is 0.306 e. The molecule has 2 atom stereocenters. The maximum atomic E-state index is 10.7. The van der Waals surface area contributed by atoms with Gasteiger partial charge in [-0.3, -0.25) is 9.59 Å². The molecule has 0 spiro atoms. The van der Waals surface area contributed by atoms with Crippen molar-refractivity contribution in [1.29, 1.82) is 0 Å². The summed E-state index contributed by atoms with van der Waals surface area (Å²) in [7, 11) is 0. The zero-order chi connectivity index (χ0) is 9.14. The highest BCUT2D eigenvalue weighted by Gasteiger charge is 2.29. The van der Waals surface area contributed by atoms with Gasteiger partial charge in [-0.15, -0.1) is 0 Å². The normalized spacial score (nSPS) is 24.8. The maximum absolute atomic E-state index is 10.7. The van der Waals surface area contributed by atoms with Crippen molar-refractivity contribution in [3.05, 3.63) is 0 Å². The van der Waals surface area contributed by atoms with E-state index in [1.54, 1.807) is 6.92 Å². The number of ether oxygens (including phenoxy) is 2. The summed E-state index contributed by atoms with van der Waals surface area (Å²) < 4.78 is 9.77. The molecule has 0 aromatic carbocycles. The summed E-state index contributed by atoms with van der Waals surface area (Å²) in [6.07, 6.45) is 0.499. The van der Waals surface area contributed by atoms with Crippen LogP contribution in [0.2, 0.25) is 0 Å². The molecule has 68 valence electrons. The highest BCUT2D eigenvalue weighted by atomic mass is 16.6. The van der Waals surface area contributed by atoms with E-state index in [0.717, 1.165) is 0 Å². The Morgan fingerprint density at radius 3 is 2.83 bits per heavy atom. The molecule has 1 aliphatic heterocycles. The molecule has 12 heavy (non-hydrogen) atoms. The molecule has 0 aliphatic carbocycles. The third-order valence-electron chi connectivity index (χ3n) is 1.79. The molecule has 1 fully saturated rings. The van der Waals surface area contributed by atoms with Crippen molar-refractivity contribution < 1.29 is 19.1 Å². The van der Waals surface area contributed by atoms with E-state index in [0.29, 0.717) is 12.8 Å². The zero-order valence-corrected chi connectivity index (χ0v) is 7.20. The van der Waals surface area contributed by atoms with Crippen LogP contribution in [-0.2, 0) is 19.1 Å². The molecule has 0 N–H and O–H groups in total. The van der Waals surface area contributed by atoms with E-state index in [4.69, 9.17) is 9.47 Å². The number of hydrogen-bond donors (Lipinski definition) is 0. The van der Waals surface area contributed by atoms with Crippen molar-refractivity contribution in [3.63, 3.8) is 0 Å². The Bertz CT molecular complexity index is 199. The van der Waals surface area contributed by atoms with Gasteiger partial charge < -0.3 is 9.47 Å². The van der Waals surface area contributed by atoms with Gasteiger partial charge in [0.25, 0.3) is 0 Å². The van der Waals surface area contributed by atoms with E-state index in [2.05, 4.69) is 0 Å². The molecule has 0 aromatic rings. The Kier molecular flexibility index (Phi) is 2.68. The van der Waals surface area contributed by atoms with Gasteiger partial charge in [-0.05, 0) is 13.3 Å². The topological polar surface area (TPSA) is 52.6 Å². The van der Waals surface area contributed by atoms with Gasteiger partial charge in [-0.25, -0.2) is 0 Å². The molecular formula is C8H12O4. The lowest BCUT2D eigenvalue weighted by atomic mass is 10.1. The van der Waals surface area contributed by atoms with E-state index in [-0.39, 0.29) is 24.1 Å². The lowest BCUT2D eigenvalue weighted by Crippen LogP contribution is -2.27. The predicted molar refractivity (Wildman–Crippen MR) is 40.3 cm³/mol. The van der Waals surface area contributed by atoms with Gasteiger partial charge in [-0.1, -0.05) is 0 Å². The molecule has 0 bridgehead atoms. The van der Waals surface area contributed by atoms with Crippen LogP contribution in [0.3, 0.4) is 0 Å². The third kappa shape index (κ3) is 2.22. The zero-order valence-electron chi connectivity index (χ0n) is 7.20. The number of carbonyl (C=O) groups is 2. The van der Waals surface area contributed by atoms with Gasteiger partial charge >= 0.3 is 11.9 Å². The quantitative estimate of drug-likeness (QED) is 0.574. The second-order valence-electron chi connectivity index (χ2n) is 2.88. The van der Waals surface area contributed by atoms with E-state index in [1.807, 2.05) is 0 Å². The number of rotatable bonds is 2. The average molecular weight is 172 g/mol. The molecule has 0 aromatic heterocycles. The summed E-state index contributed by atoms with van der Waals surface area (Å²) in [4.78, 5) is 21.2. The smallest absolute Gasteiger partial charge is 0.306 e. The van der Waals surface area contributed by atoms with Crippen LogP contribution in [0.4, 0.5) is 0 Å². The van der Waals surface area contributed by atoms with Gasteiger partial charge in [0.2, 0.25) is 0 Å². The second-order valence-corrected chi connectivity index (χ2v) is 2.88. The number of cyclic esters (lactones) is 1. The fourth-order valence-corrected chi connectivity index (χ4v) is 1.21. The largest absolute Gasteiger partial charge is 0.459 e. The van der Waals surface area contributed by atoms with E-state index >= 15 is 0 Å². The van der Waals surface area contributed by atoms with Crippen LogP contribution in [0.25, 0.3) is 0 Å². The van der Waals surface area contributed by atoms with Crippen molar-refractivity contribution >= 4 is 11.9 Å². The van der Waals surface area contributed by atoms with Crippen molar-refractivity contribution in [2.24, 2.45) is 0 Å². The van der Waals surface area contributed by atoms with Crippen molar-refractivity contribution in [2.45, 2.75) is 38.9 Å². The first-order valence-corrected chi connectivity index (χ1v) is 3.96. The number of esters is 2. The lowest BCUT2D eigenvalue weighted by Gasteiger charge is -2.17. The SMILES string of the molecule is CC(=O)OC(C)C1CCC(=O)O1. The molecule has 2 unspecified atom stereocenters. The molecule has 1 aliphatic rings. The summed E-state index contributed by atoms with van der Waals surface area (Å²) in [5.74, 6) is -0.551. The molecule has 1 heterocycles. The van der Waals surface area contributed by atoms with Crippen LogP contribution in [0, 0.1) is 0 Å². The fraction of sp³-hybridized carbons (Fsp3) is 0.750. The van der Waals surface area contributed by atoms with E-state index in [9.17, 15) is 9.59 Å². The Morgan fingerprint density at radius 2 is 2.42 bits per heavy atom. The Labute approximate surface area is 70.8 Å². The second kappa shape index (κ2) is 3.56. The van der Waals surface area contributed by atoms with E-state index in [1.165, 1.54) is 6.92 Å². The van der Waals surface area contributed by atoms with Gasteiger partial charge in [0.05, 0.1) is 0 Å². The van der Waals surface area contributed by atoms with Crippen molar-refractivity contribution in [2.75, 3.05) is 0 Å². The predicted octanol–water partition coefficient (Wildman–Crippen LogP) is 0.644. The highest BCUT2D eigenvalue weighted by molar-refractivity contribution is 5.71. The van der Waals surface area contributed by atoms with E-state index < -0.39 is 0 Å². The summed E-state index contributed by atoms with van der Waals surface area (Å²) in [6.45, 7) is 3.07. The lowest BCUT2D eigenvalue weighted by molar-refractivity contribution is -0.158. The minimum Gasteiger partial charge on any atom is -0.459 e. The van der Waals surface area contributed by atoms with Gasteiger partial charge in [0, 0.05) is 13.3 Å². The van der Waals surface area contributed by atoms with Crippen LogP contribution in [0.5, 0.6) is 0 Å². The van der Waals surface area contributed by atoms with Gasteiger partial charge in [-0.2, -0.15) is 0 Å². The molecule has 0 radical (unpaired) electrons. The molecule has 4 nitrogen and oxygen atoms in total. The highest BCUT2D eigenvalue weighted by Crippen LogP contribution is 2.18. The Balaban J connectivity index is 2.37. The van der Waals surface area contributed by atoms with Crippen molar-refractivity contribution in [3.8, 4) is 0 Å². The molecule has 0 amide bonds. The number of hydrogen-bond acceptors (Lipinski definition) is 4. The van der Waals surface area contributed by atoms with Crippen LogP contribution >= 0.6 is 0 Å². The number of carbonyl (C=O) groups excluding carboxylic acids is 2. The molecular weight excluding hydrogens is 160 g/mol. The molecule has 1 rings (SSSR count). The first-order chi connectivity index (χ1) is 5.59. The third-order valence-corrected chi connectivity index (χ3v) is 1.79. The summed E-state index contributed by atoms with van der Waals surface area (Å²) >= 11 is 0. The summed E-state index contributed by atoms with van der Waals surface area (Å²) in [5, 5.41) is 0. The molecule has 1 saturated heterocycles. The van der Waals surface area contributed by atoms with Gasteiger partial charge in [0.15, 0.2) is 0 Å². The average Bonchev–Trinajstić information content (AvgIpc) is 2.34. The Hall–Kier alpha value is -1.06. The Morgan fingerprint density at radius 1 is 1.75 bits per heavy atom. The minimum absolute atomic E-state index is 0.209. The van der Waals surface area contributed by atoms with Crippen LogP contribution in [0.15, 0.2) is 0 Å². The van der Waals surface area contributed by atoms with Gasteiger partial charge in [0.1, 0.15) is 12.2 Å². The van der Waals surface area contributed by atoms with Crippen molar-refractivity contribution in [1.82, 2.24) is 0 Å². The first-order valence-electron chi connectivity index (χ1n) is 3.96. The monoisotopic (exact) mass is 172 g/mol. The molecule has 0 saturated carbocycles. The fourth-order valence-electron chi connectivity index (χ4n) is 1.21. The first kappa shape index (κ1) is 9.03. The van der Waals surface area contributed by atoms with Crippen LogP contribution in [-0.4, -0.2) is 24.1 Å². The van der Waals surface area contributed by atoms with Crippen LogP contribution < -0.4 is 0 Å².